The van der Waals surface area contributed by atoms with Crippen molar-refractivity contribution in [3.05, 3.63) is 23.8 Å². The zero-order chi connectivity index (χ0) is 14.8. The largest absolute Gasteiger partial charge is 0.487 e. The first-order chi connectivity index (χ1) is 9.41. The quantitative estimate of drug-likeness (QED) is 0.841. The standard InChI is InChI=1S/C14H15F3N2O/c15-14(16,17)10-5-6-13(11(19)7-10)20-12-4-2-1-3-9(12)8-18/h5-7,9,12H,1-4,19H2. The Bertz CT molecular complexity index is 522. The van der Waals surface area contributed by atoms with Crippen LogP contribution in [0.2, 0.25) is 0 Å². The molecule has 1 aliphatic rings. The third-order valence-corrected chi connectivity index (χ3v) is 3.48. The number of hydrogen-bond acceptors (Lipinski definition) is 3. The Kier molecular flexibility index (Phi) is 4.07. The summed E-state index contributed by atoms with van der Waals surface area (Å²) >= 11 is 0. The fourth-order valence-corrected chi connectivity index (χ4v) is 2.38. The lowest BCUT2D eigenvalue weighted by molar-refractivity contribution is -0.137. The minimum absolute atomic E-state index is 0.0536. The van der Waals surface area contributed by atoms with Gasteiger partial charge in [0.25, 0.3) is 0 Å². The molecule has 1 aromatic carbocycles. The highest BCUT2D eigenvalue weighted by Crippen LogP contribution is 2.35. The van der Waals surface area contributed by atoms with Crippen LogP contribution in [0.25, 0.3) is 0 Å². The molecule has 108 valence electrons. The zero-order valence-corrected chi connectivity index (χ0v) is 10.8. The second kappa shape index (κ2) is 5.61. The third-order valence-electron chi connectivity index (χ3n) is 3.48. The van der Waals surface area contributed by atoms with Gasteiger partial charge in [-0.3, -0.25) is 0 Å². The van der Waals surface area contributed by atoms with E-state index in [9.17, 15) is 13.2 Å². The second-order valence-electron chi connectivity index (χ2n) is 4.93. The number of ether oxygens (including phenoxy) is 1. The van der Waals surface area contributed by atoms with Gasteiger partial charge in [-0.1, -0.05) is 6.42 Å². The van der Waals surface area contributed by atoms with Crippen LogP contribution in [-0.2, 0) is 6.18 Å². The van der Waals surface area contributed by atoms with E-state index < -0.39 is 11.7 Å². The predicted octanol–water partition coefficient (Wildman–Crippen LogP) is 3.75. The Labute approximate surface area is 115 Å². The summed E-state index contributed by atoms with van der Waals surface area (Å²) in [4.78, 5) is 0. The number of nitriles is 1. The van der Waals surface area contributed by atoms with Crippen molar-refractivity contribution in [1.29, 1.82) is 5.26 Å². The molecule has 0 amide bonds. The maximum atomic E-state index is 12.5. The van der Waals surface area contributed by atoms with Crippen molar-refractivity contribution >= 4 is 5.69 Å². The summed E-state index contributed by atoms with van der Waals surface area (Å²) in [6, 6.07) is 5.21. The molecule has 1 aliphatic carbocycles. The minimum atomic E-state index is -4.42. The molecule has 0 bridgehead atoms. The highest BCUT2D eigenvalue weighted by Gasteiger charge is 2.32. The average molecular weight is 284 g/mol. The first-order valence-corrected chi connectivity index (χ1v) is 6.45. The van der Waals surface area contributed by atoms with Crippen LogP contribution in [0.1, 0.15) is 31.2 Å². The number of nitrogen functional groups attached to an aromatic ring is 1. The van der Waals surface area contributed by atoms with E-state index in [1.54, 1.807) is 0 Å². The number of alkyl halides is 3. The normalized spacial score (nSPS) is 23.1. The Morgan fingerprint density at radius 1 is 1.25 bits per heavy atom. The highest BCUT2D eigenvalue weighted by molar-refractivity contribution is 5.55. The summed E-state index contributed by atoms with van der Waals surface area (Å²) in [6.45, 7) is 0. The Hall–Kier alpha value is -1.90. The van der Waals surface area contributed by atoms with Crippen LogP contribution >= 0.6 is 0 Å². The Morgan fingerprint density at radius 3 is 2.55 bits per heavy atom. The first-order valence-electron chi connectivity index (χ1n) is 6.45. The van der Waals surface area contributed by atoms with Crippen molar-refractivity contribution < 1.29 is 17.9 Å². The van der Waals surface area contributed by atoms with Crippen LogP contribution in [0, 0.1) is 17.2 Å². The molecule has 2 N–H and O–H groups in total. The fraction of sp³-hybridized carbons (Fsp3) is 0.500. The molecule has 1 aromatic rings. The van der Waals surface area contributed by atoms with E-state index in [4.69, 9.17) is 15.7 Å². The van der Waals surface area contributed by atoms with Gasteiger partial charge in [0.2, 0.25) is 0 Å². The van der Waals surface area contributed by atoms with E-state index in [2.05, 4.69) is 6.07 Å². The summed E-state index contributed by atoms with van der Waals surface area (Å²) in [5.74, 6) is -0.0180. The van der Waals surface area contributed by atoms with E-state index >= 15 is 0 Å². The lowest BCUT2D eigenvalue weighted by Gasteiger charge is -2.28. The number of rotatable bonds is 2. The van der Waals surface area contributed by atoms with Crippen molar-refractivity contribution in [2.45, 2.75) is 38.0 Å². The molecule has 0 aromatic heterocycles. The Morgan fingerprint density at radius 2 is 1.95 bits per heavy atom. The fourth-order valence-electron chi connectivity index (χ4n) is 2.38. The van der Waals surface area contributed by atoms with Gasteiger partial charge in [-0.25, -0.2) is 0 Å². The van der Waals surface area contributed by atoms with Crippen LogP contribution in [0.4, 0.5) is 18.9 Å². The molecular weight excluding hydrogens is 269 g/mol. The molecule has 3 nitrogen and oxygen atoms in total. The maximum Gasteiger partial charge on any atom is 0.416 e. The van der Waals surface area contributed by atoms with E-state index in [1.807, 2.05) is 0 Å². The van der Waals surface area contributed by atoms with Gasteiger partial charge in [0.05, 0.1) is 23.2 Å². The lowest BCUT2D eigenvalue weighted by Crippen LogP contribution is -2.29. The monoisotopic (exact) mass is 284 g/mol. The van der Waals surface area contributed by atoms with Crippen molar-refractivity contribution in [1.82, 2.24) is 0 Å². The van der Waals surface area contributed by atoms with Gasteiger partial charge in [-0.05, 0) is 37.5 Å². The van der Waals surface area contributed by atoms with Crippen LogP contribution in [0.5, 0.6) is 5.75 Å². The van der Waals surface area contributed by atoms with E-state index in [0.29, 0.717) is 0 Å². The number of anilines is 1. The molecule has 1 saturated carbocycles. The SMILES string of the molecule is N#CC1CCCCC1Oc1ccc(C(F)(F)F)cc1N. The molecule has 2 atom stereocenters. The van der Waals surface area contributed by atoms with Crippen LogP contribution < -0.4 is 10.5 Å². The van der Waals surface area contributed by atoms with E-state index in [1.165, 1.54) is 6.07 Å². The van der Waals surface area contributed by atoms with E-state index in [-0.39, 0.29) is 23.5 Å². The number of nitrogens with two attached hydrogens (primary N) is 1. The third kappa shape index (κ3) is 3.16. The molecule has 1 fully saturated rings. The number of halogens is 3. The summed E-state index contributed by atoms with van der Waals surface area (Å²) in [5, 5.41) is 9.05. The summed E-state index contributed by atoms with van der Waals surface area (Å²) in [7, 11) is 0. The van der Waals surface area contributed by atoms with Crippen molar-refractivity contribution in [3.63, 3.8) is 0 Å². The average Bonchev–Trinajstić information content (AvgIpc) is 2.40. The topological polar surface area (TPSA) is 59.0 Å². The number of benzene rings is 1. The van der Waals surface area contributed by atoms with Gasteiger partial charge in [0.15, 0.2) is 0 Å². The molecular formula is C14H15F3N2O. The maximum absolute atomic E-state index is 12.5. The highest BCUT2D eigenvalue weighted by atomic mass is 19.4. The lowest BCUT2D eigenvalue weighted by atomic mass is 9.87. The van der Waals surface area contributed by atoms with Gasteiger partial charge in [-0.15, -0.1) is 0 Å². The predicted molar refractivity (Wildman–Crippen MR) is 67.8 cm³/mol. The molecule has 6 heteroatoms. The minimum Gasteiger partial charge on any atom is -0.487 e. The van der Waals surface area contributed by atoms with Gasteiger partial charge in [0, 0.05) is 0 Å². The van der Waals surface area contributed by atoms with Gasteiger partial charge >= 0.3 is 6.18 Å². The Balaban J connectivity index is 2.16. The molecule has 0 radical (unpaired) electrons. The first kappa shape index (κ1) is 14.5. The summed E-state index contributed by atoms with van der Waals surface area (Å²) < 4.78 is 43.2. The second-order valence-corrected chi connectivity index (χ2v) is 4.93. The van der Waals surface area contributed by atoms with E-state index in [0.717, 1.165) is 37.8 Å². The van der Waals surface area contributed by atoms with Gasteiger partial charge < -0.3 is 10.5 Å². The van der Waals surface area contributed by atoms with Crippen LogP contribution in [-0.4, -0.2) is 6.10 Å². The summed E-state index contributed by atoms with van der Waals surface area (Å²) in [6.07, 6.45) is -1.33. The van der Waals surface area contributed by atoms with Crippen molar-refractivity contribution in [3.8, 4) is 11.8 Å². The van der Waals surface area contributed by atoms with Crippen molar-refractivity contribution in [2.24, 2.45) is 5.92 Å². The van der Waals surface area contributed by atoms with Crippen LogP contribution in [0.15, 0.2) is 18.2 Å². The van der Waals surface area contributed by atoms with Crippen molar-refractivity contribution in [2.75, 3.05) is 5.73 Å². The van der Waals surface area contributed by atoms with Gasteiger partial charge in [-0.2, -0.15) is 18.4 Å². The summed E-state index contributed by atoms with van der Waals surface area (Å²) in [5.41, 5.74) is 4.76. The van der Waals surface area contributed by atoms with Gasteiger partial charge in [0.1, 0.15) is 11.9 Å². The molecule has 0 spiro atoms. The molecule has 0 aliphatic heterocycles. The molecule has 2 unspecified atom stereocenters. The molecule has 0 saturated heterocycles. The zero-order valence-electron chi connectivity index (χ0n) is 10.8. The molecule has 0 heterocycles. The number of hydrogen-bond donors (Lipinski definition) is 1. The molecule has 2 rings (SSSR count). The number of nitrogens with zero attached hydrogens (tertiary/aromatic N) is 1. The smallest absolute Gasteiger partial charge is 0.416 e. The molecule has 20 heavy (non-hydrogen) atoms. The van der Waals surface area contributed by atoms with Crippen LogP contribution in [0.3, 0.4) is 0 Å².